The number of nitrogens with one attached hydrogen (secondary N) is 2. The highest BCUT2D eigenvalue weighted by atomic mass is 16.7. The third kappa shape index (κ3) is 5.25. The first-order chi connectivity index (χ1) is 9.56. The Morgan fingerprint density at radius 1 is 1.15 bits per heavy atom. The van der Waals surface area contributed by atoms with Crippen LogP contribution in [0.5, 0.6) is 0 Å². The molecule has 0 bridgehead atoms. The molecule has 110 valence electrons. The molecule has 0 aliphatic carbocycles. The summed E-state index contributed by atoms with van der Waals surface area (Å²) in [5.41, 5.74) is 1.26. The molecule has 1 aromatic rings. The van der Waals surface area contributed by atoms with Crippen molar-refractivity contribution in [2.45, 2.75) is 12.8 Å². The second-order valence-corrected chi connectivity index (χ2v) is 3.97. The van der Waals surface area contributed by atoms with Gasteiger partial charge in [0.2, 0.25) is 0 Å². The van der Waals surface area contributed by atoms with Gasteiger partial charge in [-0.1, -0.05) is 12.1 Å². The molecule has 0 unspecified atom stereocenters. The standard InChI is InChI=1S/C13H18N2O5/c1-19-11(20-2)8-14-12(16)10-5-3-9(4-6-10)7-15-13(17)18/h3-6,11,15H,7-8H2,1-2H3,(H,14,16)(H,17,18). The molecule has 0 aliphatic heterocycles. The van der Waals surface area contributed by atoms with E-state index in [1.807, 2.05) is 0 Å². The van der Waals surface area contributed by atoms with Crippen molar-refractivity contribution in [3.05, 3.63) is 35.4 Å². The zero-order valence-electron chi connectivity index (χ0n) is 11.4. The van der Waals surface area contributed by atoms with E-state index in [-0.39, 0.29) is 19.0 Å². The van der Waals surface area contributed by atoms with E-state index in [9.17, 15) is 9.59 Å². The van der Waals surface area contributed by atoms with Crippen LogP contribution >= 0.6 is 0 Å². The number of carboxylic acid groups (broad SMARTS) is 1. The van der Waals surface area contributed by atoms with Crippen molar-refractivity contribution >= 4 is 12.0 Å². The lowest BCUT2D eigenvalue weighted by atomic mass is 10.1. The third-order valence-corrected chi connectivity index (χ3v) is 2.61. The van der Waals surface area contributed by atoms with Crippen molar-refractivity contribution in [3.8, 4) is 0 Å². The fraction of sp³-hybridized carbons (Fsp3) is 0.385. The molecule has 7 nitrogen and oxygen atoms in total. The number of amides is 2. The smallest absolute Gasteiger partial charge is 0.404 e. The van der Waals surface area contributed by atoms with Gasteiger partial charge in [0.25, 0.3) is 5.91 Å². The van der Waals surface area contributed by atoms with Gasteiger partial charge in [0.15, 0.2) is 6.29 Å². The van der Waals surface area contributed by atoms with E-state index < -0.39 is 12.4 Å². The molecule has 0 atom stereocenters. The maximum absolute atomic E-state index is 11.8. The largest absolute Gasteiger partial charge is 0.465 e. The molecule has 0 saturated heterocycles. The van der Waals surface area contributed by atoms with Gasteiger partial charge in [-0.25, -0.2) is 4.79 Å². The van der Waals surface area contributed by atoms with Gasteiger partial charge in [-0.2, -0.15) is 0 Å². The number of carbonyl (C=O) groups is 2. The van der Waals surface area contributed by atoms with Crippen molar-refractivity contribution in [2.24, 2.45) is 0 Å². The summed E-state index contributed by atoms with van der Waals surface area (Å²) in [5, 5.41) is 13.4. The van der Waals surface area contributed by atoms with Gasteiger partial charge in [-0.15, -0.1) is 0 Å². The molecule has 20 heavy (non-hydrogen) atoms. The molecule has 1 aromatic carbocycles. The highest BCUT2D eigenvalue weighted by Gasteiger charge is 2.09. The molecule has 3 N–H and O–H groups in total. The SMILES string of the molecule is COC(CNC(=O)c1ccc(CNC(=O)O)cc1)OC. The quantitative estimate of drug-likeness (QED) is 0.643. The monoisotopic (exact) mass is 282 g/mol. The third-order valence-electron chi connectivity index (χ3n) is 2.61. The van der Waals surface area contributed by atoms with Crippen molar-refractivity contribution < 1.29 is 24.2 Å². The first-order valence-electron chi connectivity index (χ1n) is 5.96. The van der Waals surface area contributed by atoms with Crippen LogP contribution in [-0.4, -0.2) is 44.2 Å². The fourth-order valence-electron chi connectivity index (χ4n) is 1.49. The second kappa shape index (κ2) is 8.13. The minimum atomic E-state index is -1.09. The lowest BCUT2D eigenvalue weighted by Gasteiger charge is -2.14. The van der Waals surface area contributed by atoms with Crippen molar-refractivity contribution in [1.29, 1.82) is 0 Å². The van der Waals surface area contributed by atoms with Crippen molar-refractivity contribution in [1.82, 2.24) is 10.6 Å². The van der Waals surface area contributed by atoms with Gasteiger partial charge in [-0.05, 0) is 17.7 Å². The van der Waals surface area contributed by atoms with Crippen LogP contribution in [0.15, 0.2) is 24.3 Å². The molecule has 0 aromatic heterocycles. The average molecular weight is 282 g/mol. The molecule has 0 heterocycles. The zero-order chi connectivity index (χ0) is 15.0. The number of hydrogen-bond donors (Lipinski definition) is 3. The Morgan fingerprint density at radius 3 is 2.25 bits per heavy atom. The van der Waals surface area contributed by atoms with E-state index in [2.05, 4.69) is 10.6 Å². The van der Waals surface area contributed by atoms with Gasteiger partial charge >= 0.3 is 6.09 Å². The molecule has 2 amide bonds. The van der Waals surface area contributed by atoms with Crippen LogP contribution in [0, 0.1) is 0 Å². The molecule has 1 rings (SSSR count). The van der Waals surface area contributed by atoms with Crippen LogP contribution in [0.2, 0.25) is 0 Å². The minimum absolute atomic E-state index is 0.201. The highest BCUT2D eigenvalue weighted by Crippen LogP contribution is 2.04. The number of carbonyl (C=O) groups excluding carboxylic acids is 1. The Bertz CT molecular complexity index is 443. The predicted molar refractivity (Wildman–Crippen MR) is 71.4 cm³/mol. The number of ether oxygens (including phenoxy) is 2. The Balaban J connectivity index is 2.50. The Hall–Kier alpha value is -2.12. The van der Waals surface area contributed by atoms with E-state index >= 15 is 0 Å². The first-order valence-corrected chi connectivity index (χ1v) is 5.96. The van der Waals surface area contributed by atoms with E-state index in [0.29, 0.717) is 5.56 Å². The van der Waals surface area contributed by atoms with Crippen LogP contribution < -0.4 is 10.6 Å². The van der Waals surface area contributed by atoms with Crippen LogP contribution in [0.25, 0.3) is 0 Å². The van der Waals surface area contributed by atoms with Gasteiger partial charge in [-0.3, -0.25) is 4.79 Å². The summed E-state index contributed by atoms with van der Waals surface area (Å²) < 4.78 is 9.92. The van der Waals surface area contributed by atoms with Gasteiger partial charge < -0.3 is 25.2 Å². The van der Waals surface area contributed by atoms with Crippen LogP contribution in [0.4, 0.5) is 4.79 Å². The van der Waals surface area contributed by atoms with Crippen molar-refractivity contribution in [3.63, 3.8) is 0 Å². The summed E-state index contributed by atoms with van der Waals surface area (Å²) in [7, 11) is 2.98. The number of rotatable bonds is 7. The Morgan fingerprint density at radius 2 is 1.75 bits per heavy atom. The first kappa shape index (κ1) is 15.9. The van der Waals surface area contributed by atoms with Gasteiger partial charge in [0.1, 0.15) is 0 Å². The second-order valence-electron chi connectivity index (χ2n) is 3.97. The molecule has 0 fully saturated rings. The van der Waals surface area contributed by atoms with Gasteiger partial charge in [0, 0.05) is 26.3 Å². The summed E-state index contributed by atoms with van der Waals surface area (Å²) in [5.74, 6) is -0.248. The molecule has 0 aliphatic rings. The lowest BCUT2D eigenvalue weighted by molar-refractivity contribution is -0.0974. The maximum Gasteiger partial charge on any atom is 0.404 e. The predicted octanol–water partition coefficient (Wildman–Crippen LogP) is 0.803. The molecule has 0 radical (unpaired) electrons. The van der Waals surface area contributed by atoms with E-state index in [1.54, 1.807) is 24.3 Å². The summed E-state index contributed by atoms with van der Waals surface area (Å²) in [6.07, 6.45) is -1.57. The number of hydrogen-bond acceptors (Lipinski definition) is 4. The van der Waals surface area contributed by atoms with Crippen molar-refractivity contribution in [2.75, 3.05) is 20.8 Å². The topological polar surface area (TPSA) is 96.9 Å². The average Bonchev–Trinajstić information content (AvgIpc) is 2.46. The number of benzene rings is 1. The summed E-state index contributed by atoms with van der Waals surface area (Å²) in [6.45, 7) is 0.445. The van der Waals surface area contributed by atoms with E-state index in [1.165, 1.54) is 14.2 Å². The molecule has 7 heteroatoms. The normalized spacial score (nSPS) is 10.3. The fourth-order valence-corrected chi connectivity index (χ4v) is 1.49. The van der Waals surface area contributed by atoms with Crippen LogP contribution in [0.3, 0.4) is 0 Å². The van der Waals surface area contributed by atoms with E-state index in [0.717, 1.165) is 5.56 Å². The number of methoxy groups -OCH3 is 2. The molecule has 0 spiro atoms. The van der Waals surface area contributed by atoms with Gasteiger partial charge in [0.05, 0.1) is 6.54 Å². The minimum Gasteiger partial charge on any atom is -0.465 e. The summed E-state index contributed by atoms with van der Waals surface area (Å²) >= 11 is 0. The molecule has 0 saturated carbocycles. The summed E-state index contributed by atoms with van der Waals surface area (Å²) in [4.78, 5) is 22.2. The van der Waals surface area contributed by atoms with E-state index in [4.69, 9.17) is 14.6 Å². The molecular formula is C13H18N2O5. The maximum atomic E-state index is 11.8. The highest BCUT2D eigenvalue weighted by molar-refractivity contribution is 5.94. The lowest BCUT2D eigenvalue weighted by Crippen LogP contribution is -2.34. The Kier molecular flexibility index (Phi) is 6.48. The van der Waals surface area contributed by atoms with Crippen LogP contribution in [0.1, 0.15) is 15.9 Å². The van der Waals surface area contributed by atoms with Crippen LogP contribution in [-0.2, 0) is 16.0 Å². The Labute approximate surface area is 116 Å². The zero-order valence-corrected chi connectivity index (χ0v) is 11.4. The summed E-state index contributed by atoms with van der Waals surface area (Å²) in [6, 6.07) is 6.63. The molecular weight excluding hydrogens is 264 g/mol.